The molecule has 3 nitrogen and oxygen atoms in total. The maximum absolute atomic E-state index is 12.2. The number of hydrogen-bond donors (Lipinski definition) is 2. The Bertz CT molecular complexity index is 769. The van der Waals surface area contributed by atoms with Crippen LogP contribution >= 0.6 is 12.6 Å². The van der Waals surface area contributed by atoms with Gasteiger partial charge in [0.15, 0.2) is 0 Å². The van der Waals surface area contributed by atoms with Crippen LogP contribution in [0.3, 0.4) is 0 Å². The van der Waals surface area contributed by atoms with E-state index in [4.69, 9.17) is 0 Å². The number of anilines is 1. The largest absolute Gasteiger partial charge is 0.322 e. The van der Waals surface area contributed by atoms with Crippen LogP contribution in [-0.4, -0.2) is 10.9 Å². The molecule has 0 fully saturated rings. The van der Waals surface area contributed by atoms with Crippen LogP contribution < -0.4 is 5.32 Å². The summed E-state index contributed by atoms with van der Waals surface area (Å²) in [5.74, 6) is -0.136. The Balaban J connectivity index is 1.86. The zero-order valence-electron chi connectivity index (χ0n) is 10.6. The van der Waals surface area contributed by atoms with Crippen molar-refractivity contribution < 1.29 is 4.79 Å². The van der Waals surface area contributed by atoms with Gasteiger partial charge in [-0.15, -0.1) is 12.6 Å². The van der Waals surface area contributed by atoms with E-state index in [0.29, 0.717) is 5.56 Å². The van der Waals surface area contributed by atoms with Crippen LogP contribution in [-0.2, 0) is 0 Å². The molecule has 3 aromatic rings. The second-order valence-electron chi connectivity index (χ2n) is 4.41. The summed E-state index contributed by atoms with van der Waals surface area (Å²) in [6.07, 6.45) is 1.74. The molecule has 0 aliphatic rings. The fourth-order valence-corrected chi connectivity index (χ4v) is 2.11. The van der Waals surface area contributed by atoms with Crippen molar-refractivity contribution in [2.75, 3.05) is 5.32 Å². The van der Waals surface area contributed by atoms with Gasteiger partial charge in [0.1, 0.15) is 0 Å². The maximum atomic E-state index is 12.2. The van der Waals surface area contributed by atoms with Crippen molar-refractivity contribution in [2.24, 2.45) is 0 Å². The van der Waals surface area contributed by atoms with E-state index in [0.717, 1.165) is 21.5 Å². The summed E-state index contributed by atoms with van der Waals surface area (Å²) in [4.78, 5) is 17.3. The molecule has 98 valence electrons. The van der Waals surface area contributed by atoms with E-state index in [-0.39, 0.29) is 5.91 Å². The molecular formula is C16H12N2OS. The van der Waals surface area contributed by atoms with Gasteiger partial charge in [-0.05, 0) is 48.5 Å². The molecule has 1 amide bonds. The molecule has 0 aliphatic heterocycles. The highest BCUT2D eigenvalue weighted by Crippen LogP contribution is 2.16. The lowest BCUT2D eigenvalue weighted by Crippen LogP contribution is -2.11. The number of benzene rings is 2. The summed E-state index contributed by atoms with van der Waals surface area (Å²) >= 11 is 4.21. The van der Waals surface area contributed by atoms with Crippen LogP contribution in [0.2, 0.25) is 0 Å². The third-order valence-electron chi connectivity index (χ3n) is 2.99. The number of hydrogen-bond acceptors (Lipinski definition) is 3. The second-order valence-corrected chi connectivity index (χ2v) is 4.93. The van der Waals surface area contributed by atoms with Crippen molar-refractivity contribution in [3.63, 3.8) is 0 Å². The molecule has 0 unspecified atom stereocenters. The third kappa shape index (κ3) is 2.65. The number of aromatic nitrogens is 1. The number of nitrogens with zero attached hydrogens (tertiary/aromatic N) is 1. The summed E-state index contributed by atoms with van der Waals surface area (Å²) in [5, 5.41) is 3.81. The Morgan fingerprint density at radius 2 is 1.85 bits per heavy atom. The van der Waals surface area contributed by atoms with Gasteiger partial charge in [0.25, 0.3) is 5.91 Å². The molecule has 0 radical (unpaired) electrons. The van der Waals surface area contributed by atoms with Crippen molar-refractivity contribution in [3.8, 4) is 0 Å². The number of carbonyl (C=O) groups is 1. The van der Waals surface area contributed by atoms with E-state index >= 15 is 0 Å². The van der Waals surface area contributed by atoms with E-state index in [9.17, 15) is 4.79 Å². The van der Waals surface area contributed by atoms with Gasteiger partial charge in [-0.1, -0.05) is 6.07 Å². The number of carbonyl (C=O) groups excluding carboxylic acids is 1. The molecule has 0 atom stereocenters. The zero-order chi connectivity index (χ0) is 13.9. The molecule has 0 spiro atoms. The van der Waals surface area contributed by atoms with E-state index in [1.54, 1.807) is 12.3 Å². The summed E-state index contributed by atoms with van der Waals surface area (Å²) in [5.41, 5.74) is 2.24. The fraction of sp³-hybridized carbons (Fsp3) is 0. The number of pyridine rings is 1. The molecule has 0 bridgehead atoms. The first-order valence-electron chi connectivity index (χ1n) is 6.17. The van der Waals surface area contributed by atoms with Gasteiger partial charge in [0.05, 0.1) is 5.52 Å². The lowest BCUT2D eigenvalue weighted by Gasteiger charge is -2.06. The minimum absolute atomic E-state index is 0.136. The standard InChI is InChI=1S/C16H12N2OS/c19-16(18-13-4-6-14(20)7-5-13)12-3-8-15-11(10-12)2-1-9-17-15/h1-10,20H,(H,18,19). The normalized spacial score (nSPS) is 10.4. The van der Waals surface area contributed by atoms with Crippen molar-refractivity contribution in [1.82, 2.24) is 4.98 Å². The van der Waals surface area contributed by atoms with E-state index in [1.807, 2.05) is 48.5 Å². The molecule has 4 heteroatoms. The topological polar surface area (TPSA) is 42.0 Å². The van der Waals surface area contributed by atoms with Gasteiger partial charge in [-0.25, -0.2) is 0 Å². The molecule has 0 saturated heterocycles. The van der Waals surface area contributed by atoms with Crippen LogP contribution in [0.1, 0.15) is 10.4 Å². The average Bonchev–Trinajstić information content (AvgIpc) is 2.49. The van der Waals surface area contributed by atoms with Crippen molar-refractivity contribution in [2.45, 2.75) is 4.90 Å². The Kier molecular flexibility index (Phi) is 3.39. The fourth-order valence-electron chi connectivity index (χ4n) is 1.96. The van der Waals surface area contributed by atoms with Crippen molar-refractivity contribution in [3.05, 3.63) is 66.4 Å². The molecule has 1 N–H and O–H groups in total. The zero-order valence-corrected chi connectivity index (χ0v) is 11.5. The van der Waals surface area contributed by atoms with Crippen LogP contribution in [0, 0.1) is 0 Å². The minimum Gasteiger partial charge on any atom is -0.322 e. The molecule has 20 heavy (non-hydrogen) atoms. The quantitative estimate of drug-likeness (QED) is 0.702. The molecular weight excluding hydrogens is 268 g/mol. The van der Waals surface area contributed by atoms with Gasteiger partial charge >= 0.3 is 0 Å². The van der Waals surface area contributed by atoms with Crippen LogP contribution in [0.25, 0.3) is 10.9 Å². The SMILES string of the molecule is O=C(Nc1ccc(S)cc1)c1ccc2ncccc2c1. The number of thiol groups is 1. The summed E-state index contributed by atoms with van der Waals surface area (Å²) in [6.45, 7) is 0. The average molecular weight is 280 g/mol. The summed E-state index contributed by atoms with van der Waals surface area (Å²) in [7, 11) is 0. The summed E-state index contributed by atoms with van der Waals surface area (Å²) < 4.78 is 0. The smallest absolute Gasteiger partial charge is 0.255 e. The first-order valence-corrected chi connectivity index (χ1v) is 6.62. The van der Waals surface area contributed by atoms with E-state index in [1.165, 1.54) is 0 Å². The highest BCUT2D eigenvalue weighted by Gasteiger charge is 2.07. The Morgan fingerprint density at radius 1 is 1.05 bits per heavy atom. The molecule has 1 aromatic heterocycles. The van der Waals surface area contributed by atoms with E-state index in [2.05, 4.69) is 22.9 Å². The number of amides is 1. The molecule has 1 heterocycles. The van der Waals surface area contributed by atoms with Gasteiger partial charge in [0.2, 0.25) is 0 Å². The number of nitrogens with one attached hydrogen (secondary N) is 1. The van der Waals surface area contributed by atoms with Gasteiger partial charge in [-0.2, -0.15) is 0 Å². The second kappa shape index (κ2) is 5.35. The predicted molar refractivity (Wildman–Crippen MR) is 83.4 cm³/mol. The Morgan fingerprint density at radius 3 is 2.65 bits per heavy atom. The molecule has 3 rings (SSSR count). The first-order chi connectivity index (χ1) is 9.72. The monoisotopic (exact) mass is 280 g/mol. The highest BCUT2D eigenvalue weighted by atomic mass is 32.1. The minimum atomic E-state index is -0.136. The molecule has 2 aromatic carbocycles. The number of rotatable bonds is 2. The van der Waals surface area contributed by atoms with E-state index < -0.39 is 0 Å². The molecule has 0 aliphatic carbocycles. The van der Waals surface area contributed by atoms with Gasteiger partial charge < -0.3 is 5.32 Å². The van der Waals surface area contributed by atoms with Gasteiger partial charge in [-0.3, -0.25) is 9.78 Å². The lowest BCUT2D eigenvalue weighted by atomic mass is 10.1. The van der Waals surface area contributed by atoms with Gasteiger partial charge in [0, 0.05) is 27.7 Å². The first kappa shape index (κ1) is 12.7. The molecule has 0 saturated carbocycles. The van der Waals surface area contributed by atoms with Crippen LogP contribution in [0.5, 0.6) is 0 Å². The van der Waals surface area contributed by atoms with Crippen molar-refractivity contribution >= 4 is 35.1 Å². The lowest BCUT2D eigenvalue weighted by molar-refractivity contribution is 0.102. The maximum Gasteiger partial charge on any atom is 0.255 e. The third-order valence-corrected chi connectivity index (χ3v) is 3.29. The Labute approximate surface area is 122 Å². The summed E-state index contributed by atoms with van der Waals surface area (Å²) in [6, 6.07) is 16.6. The Hall–Kier alpha value is -2.33. The van der Waals surface area contributed by atoms with Crippen LogP contribution in [0.4, 0.5) is 5.69 Å². The predicted octanol–water partition coefficient (Wildman–Crippen LogP) is 3.78. The van der Waals surface area contributed by atoms with Crippen LogP contribution in [0.15, 0.2) is 65.7 Å². The van der Waals surface area contributed by atoms with Crippen molar-refractivity contribution in [1.29, 1.82) is 0 Å². The number of fused-ring (bicyclic) bond motifs is 1. The highest BCUT2D eigenvalue weighted by molar-refractivity contribution is 7.80.